The molecule has 232 valence electrons. The summed E-state index contributed by atoms with van der Waals surface area (Å²) < 4.78 is 3.28. The molecule has 5 aromatic rings. The van der Waals surface area contributed by atoms with Crippen LogP contribution in [0, 0.1) is 5.92 Å². The van der Waals surface area contributed by atoms with Crippen molar-refractivity contribution in [2.75, 3.05) is 26.2 Å². The molecule has 0 bridgehead atoms. The predicted octanol–water partition coefficient (Wildman–Crippen LogP) is 4.22. The Kier molecular flexibility index (Phi) is 7.88. The Bertz CT molecular complexity index is 1900. The number of amides is 2. The number of rotatable bonds is 6. The standard InChI is InChI=1S/C33H34N6O4S2/c1-36-26(9-14-35-36)27-7-8-28(45-27)32(42)38-15-10-23(25(19-38)22-5-3-2-4-6-22)30(40)37-16-12-33(43,13-17-37)20-39-21-34-29-24(31(39)41)11-18-44-29/h2-9,11,14,18,21,23,25,43H,10,12-13,15-17,19-20H2,1H3/t23-,25+/m1/s1. The van der Waals surface area contributed by atoms with Crippen molar-refractivity contribution in [1.82, 2.24) is 29.1 Å². The average Bonchev–Trinajstić information content (AvgIpc) is 3.84. The number of aromatic nitrogens is 4. The molecule has 0 unspecified atom stereocenters. The monoisotopic (exact) mass is 642 g/mol. The summed E-state index contributed by atoms with van der Waals surface area (Å²) in [5.41, 5.74) is 0.747. The molecular formula is C33H34N6O4S2. The molecule has 2 atom stereocenters. The second-order valence-corrected chi connectivity index (χ2v) is 14.0. The van der Waals surface area contributed by atoms with Gasteiger partial charge in [0.25, 0.3) is 11.5 Å². The van der Waals surface area contributed by atoms with Gasteiger partial charge in [-0.3, -0.25) is 23.6 Å². The molecule has 0 saturated carbocycles. The fourth-order valence-electron chi connectivity index (χ4n) is 6.69. The molecule has 0 spiro atoms. The van der Waals surface area contributed by atoms with Crippen LogP contribution in [-0.4, -0.2) is 77.8 Å². The molecule has 4 aromatic heterocycles. The van der Waals surface area contributed by atoms with E-state index in [9.17, 15) is 19.5 Å². The van der Waals surface area contributed by atoms with E-state index in [-0.39, 0.29) is 35.8 Å². The number of hydrogen-bond donors (Lipinski definition) is 1. The molecule has 2 saturated heterocycles. The van der Waals surface area contributed by atoms with E-state index < -0.39 is 5.60 Å². The van der Waals surface area contributed by atoms with Crippen molar-refractivity contribution in [3.63, 3.8) is 0 Å². The molecule has 10 nitrogen and oxygen atoms in total. The maximum absolute atomic E-state index is 14.1. The van der Waals surface area contributed by atoms with Crippen molar-refractivity contribution < 1.29 is 14.7 Å². The number of benzene rings is 1. The van der Waals surface area contributed by atoms with E-state index in [1.165, 1.54) is 33.6 Å². The number of thiophene rings is 2. The minimum absolute atomic E-state index is 0.0198. The largest absolute Gasteiger partial charge is 0.388 e. The Morgan fingerprint density at radius 2 is 1.82 bits per heavy atom. The first-order valence-electron chi connectivity index (χ1n) is 15.2. The van der Waals surface area contributed by atoms with Gasteiger partial charge in [0.15, 0.2) is 0 Å². The normalized spacial score (nSPS) is 20.0. The van der Waals surface area contributed by atoms with Crippen LogP contribution in [-0.2, 0) is 18.4 Å². The first kappa shape index (κ1) is 29.6. The quantitative estimate of drug-likeness (QED) is 0.297. The molecule has 2 amide bonds. The number of aliphatic hydroxyl groups is 1. The van der Waals surface area contributed by atoms with E-state index in [0.717, 1.165) is 16.1 Å². The van der Waals surface area contributed by atoms with Crippen LogP contribution in [0.1, 0.15) is 40.4 Å². The lowest BCUT2D eigenvalue weighted by Gasteiger charge is -2.43. The summed E-state index contributed by atoms with van der Waals surface area (Å²) >= 11 is 2.88. The average molecular weight is 643 g/mol. The highest BCUT2D eigenvalue weighted by molar-refractivity contribution is 7.17. The summed E-state index contributed by atoms with van der Waals surface area (Å²) in [5.74, 6) is -0.376. The van der Waals surface area contributed by atoms with E-state index in [1.807, 2.05) is 70.8 Å². The van der Waals surface area contributed by atoms with Crippen LogP contribution in [0.25, 0.3) is 20.8 Å². The summed E-state index contributed by atoms with van der Waals surface area (Å²) in [6.07, 6.45) is 4.56. The molecule has 45 heavy (non-hydrogen) atoms. The van der Waals surface area contributed by atoms with Crippen molar-refractivity contribution in [2.24, 2.45) is 13.0 Å². The highest BCUT2D eigenvalue weighted by Crippen LogP contribution is 2.37. The lowest BCUT2D eigenvalue weighted by Crippen LogP contribution is -2.53. The molecule has 1 N–H and O–H groups in total. The summed E-state index contributed by atoms with van der Waals surface area (Å²) in [4.78, 5) is 51.1. The predicted molar refractivity (Wildman–Crippen MR) is 174 cm³/mol. The van der Waals surface area contributed by atoms with Gasteiger partial charge in [-0.1, -0.05) is 30.3 Å². The van der Waals surface area contributed by atoms with Crippen molar-refractivity contribution in [2.45, 2.75) is 37.3 Å². The van der Waals surface area contributed by atoms with Crippen LogP contribution >= 0.6 is 22.7 Å². The number of piperidine rings is 2. The summed E-state index contributed by atoms with van der Waals surface area (Å²) in [6, 6.07) is 17.5. The molecule has 2 aliphatic heterocycles. The number of likely N-dealkylation sites (tertiary alicyclic amines) is 2. The smallest absolute Gasteiger partial charge is 0.263 e. The van der Waals surface area contributed by atoms with Gasteiger partial charge < -0.3 is 14.9 Å². The van der Waals surface area contributed by atoms with Crippen molar-refractivity contribution >= 4 is 44.7 Å². The zero-order valence-corrected chi connectivity index (χ0v) is 26.5. The fourth-order valence-corrected chi connectivity index (χ4v) is 8.44. The number of carbonyl (C=O) groups excluding carboxylic acids is 2. The Hall–Kier alpha value is -4.13. The van der Waals surface area contributed by atoms with Gasteiger partial charge in [-0.2, -0.15) is 5.10 Å². The number of aryl methyl sites for hydroxylation is 1. The van der Waals surface area contributed by atoms with Gasteiger partial charge in [0.2, 0.25) is 5.91 Å². The minimum Gasteiger partial charge on any atom is -0.388 e. The van der Waals surface area contributed by atoms with Crippen LogP contribution in [0.4, 0.5) is 0 Å². The number of carbonyl (C=O) groups is 2. The first-order valence-corrected chi connectivity index (χ1v) is 16.9. The SMILES string of the molecule is Cn1nccc1-c1ccc(C(=O)N2CC[C@@H](C(=O)N3CCC(O)(Cn4cnc5sccc5c4=O)CC3)[C@H](c3ccccc3)C2)s1. The molecule has 6 heterocycles. The Labute approximate surface area is 268 Å². The van der Waals surface area contributed by atoms with Crippen LogP contribution < -0.4 is 5.56 Å². The Morgan fingerprint density at radius 1 is 1.02 bits per heavy atom. The lowest BCUT2D eigenvalue weighted by atomic mass is 9.79. The molecule has 12 heteroatoms. The summed E-state index contributed by atoms with van der Waals surface area (Å²) in [7, 11) is 1.88. The Balaban J connectivity index is 1.04. The van der Waals surface area contributed by atoms with Gasteiger partial charge in [-0.15, -0.1) is 22.7 Å². The third-order valence-electron chi connectivity index (χ3n) is 9.26. The van der Waals surface area contributed by atoms with E-state index in [0.29, 0.717) is 60.5 Å². The topological polar surface area (TPSA) is 114 Å². The molecule has 0 radical (unpaired) electrons. The number of hydrogen-bond acceptors (Lipinski definition) is 8. The fraction of sp³-hybridized carbons (Fsp3) is 0.364. The molecule has 7 rings (SSSR count). The van der Waals surface area contributed by atoms with E-state index in [1.54, 1.807) is 16.9 Å². The van der Waals surface area contributed by atoms with E-state index >= 15 is 0 Å². The second kappa shape index (κ2) is 12.0. The van der Waals surface area contributed by atoms with Crippen LogP contribution in [0.3, 0.4) is 0 Å². The molecule has 2 fully saturated rings. The molecule has 2 aliphatic rings. The van der Waals surface area contributed by atoms with Gasteiger partial charge >= 0.3 is 0 Å². The lowest BCUT2D eigenvalue weighted by molar-refractivity contribution is -0.142. The van der Waals surface area contributed by atoms with Crippen LogP contribution in [0.15, 0.2) is 77.3 Å². The minimum atomic E-state index is -1.10. The van der Waals surface area contributed by atoms with Crippen molar-refractivity contribution in [3.05, 3.63) is 93.3 Å². The summed E-state index contributed by atoms with van der Waals surface area (Å²) in [5, 5.41) is 18.1. The van der Waals surface area contributed by atoms with Gasteiger partial charge in [-0.05, 0) is 54.5 Å². The Morgan fingerprint density at radius 3 is 2.58 bits per heavy atom. The van der Waals surface area contributed by atoms with Crippen LogP contribution in [0.5, 0.6) is 0 Å². The summed E-state index contributed by atoms with van der Waals surface area (Å²) in [6.45, 7) is 1.91. The first-order chi connectivity index (χ1) is 21.8. The number of nitrogens with zero attached hydrogens (tertiary/aromatic N) is 6. The van der Waals surface area contributed by atoms with Crippen LogP contribution in [0.2, 0.25) is 0 Å². The maximum atomic E-state index is 14.1. The third-order valence-corrected chi connectivity index (χ3v) is 11.2. The molecule has 1 aromatic carbocycles. The maximum Gasteiger partial charge on any atom is 0.263 e. The number of fused-ring (bicyclic) bond motifs is 1. The zero-order valence-electron chi connectivity index (χ0n) is 24.9. The van der Waals surface area contributed by atoms with Gasteiger partial charge in [0.05, 0.1) is 39.3 Å². The molecular weight excluding hydrogens is 609 g/mol. The van der Waals surface area contributed by atoms with Gasteiger partial charge in [0, 0.05) is 51.3 Å². The zero-order chi connectivity index (χ0) is 31.1. The second-order valence-electron chi connectivity index (χ2n) is 12.0. The third kappa shape index (κ3) is 5.73. The van der Waals surface area contributed by atoms with Gasteiger partial charge in [0.1, 0.15) is 4.83 Å². The van der Waals surface area contributed by atoms with E-state index in [4.69, 9.17) is 0 Å². The van der Waals surface area contributed by atoms with Crippen molar-refractivity contribution in [3.8, 4) is 10.6 Å². The van der Waals surface area contributed by atoms with E-state index in [2.05, 4.69) is 10.1 Å². The highest BCUT2D eigenvalue weighted by Gasteiger charge is 2.42. The van der Waals surface area contributed by atoms with Crippen molar-refractivity contribution in [1.29, 1.82) is 0 Å². The molecule has 0 aliphatic carbocycles. The highest BCUT2D eigenvalue weighted by atomic mass is 32.1. The van der Waals surface area contributed by atoms with Gasteiger partial charge in [-0.25, -0.2) is 4.98 Å².